The topological polar surface area (TPSA) is 57.5 Å². The fourth-order valence-corrected chi connectivity index (χ4v) is 0. The molecule has 0 aromatic rings. The summed E-state index contributed by atoms with van der Waals surface area (Å²) in [7, 11) is -5.14. The van der Waals surface area contributed by atoms with Gasteiger partial charge in [0, 0.05) is 17.1 Å². The molecule has 0 fully saturated rings. The second kappa shape index (κ2) is 5.73. The monoisotopic (exact) mass is 180 g/mol. The summed E-state index contributed by atoms with van der Waals surface area (Å²) >= 11 is 0. The van der Waals surface area contributed by atoms with E-state index < -0.39 is 7.91 Å². The van der Waals surface area contributed by atoms with Crippen LogP contribution in [0, 0.1) is 0 Å². The Morgan fingerprint density at radius 2 is 1.43 bits per heavy atom. The average molecular weight is 180 g/mol. The molecule has 0 saturated heterocycles. The van der Waals surface area contributed by atoms with Crippen molar-refractivity contribution in [2.24, 2.45) is 0 Å². The quantitative estimate of drug-likeness (QED) is 0.386. The van der Waals surface area contributed by atoms with Gasteiger partial charge >= 0.3 is 37.5 Å². The Bertz CT molecular complexity index is 61.1. The van der Waals surface area contributed by atoms with Gasteiger partial charge in [0.25, 0.3) is 0 Å². The van der Waals surface area contributed by atoms with E-state index in [9.17, 15) is 4.20 Å². The van der Waals surface area contributed by atoms with Gasteiger partial charge in [-0.3, -0.25) is 9.79 Å². The first-order chi connectivity index (χ1) is 2.00. The van der Waals surface area contributed by atoms with E-state index in [2.05, 4.69) is 0 Å². The normalized spacial score (nSPS) is 8.43. The van der Waals surface area contributed by atoms with Crippen LogP contribution in [-0.2, 0) is 21.6 Å². The van der Waals surface area contributed by atoms with Crippen molar-refractivity contribution >= 4 is 37.5 Å². The van der Waals surface area contributed by atoms with Gasteiger partial charge in [0.15, 0.2) is 0 Å². The summed E-state index contributed by atoms with van der Waals surface area (Å²) in [5.41, 5.74) is 0. The zero-order valence-electron chi connectivity index (χ0n) is 2.48. The van der Waals surface area contributed by atoms with Gasteiger partial charge in [0.1, 0.15) is 0 Å². The van der Waals surface area contributed by atoms with Crippen molar-refractivity contribution in [3.63, 3.8) is 0 Å². The molecule has 42 valence electrons. The molecule has 0 aliphatic carbocycles. The Morgan fingerprint density at radius 3 is 1.43 bits per heavy atom. The maximum absolute atomic E-state index is 10.4. The summed E-state index contributed by atoms with van der Waals surface area (Å²) in [6, 6.07) is 0. The summed E-state index contributed by atoms with van der Waals surface area (Å²) in [4.78, 5) is 13.9. The second-order valence-corrected chi connectivity index (χ2v) is 1.42. The van der Waals surface area contributed by atoms with Crippen molar-refractivity contribution in [2.75, 3.05) is 0 Å². The summed E-state index contributed by atoms with van der Waals surface area (Å²) in [5.74, 6) is 0. The number of hydrogen-bond acceptors (Lipinski definition) is 1. The molecule has 7 heteroatoms. The van der Waals surface area contributed by atoms with Gasteiger partial charge in [0.05, 0.1) is 0 Å². The third-order valence-electron chi connectivity index (χ3n) is 0. The SMILES string of the molecule is O=P(O)(O)F.[Fe].[NaH]. The summed E-state index contributed by atoms with van der Waals surface area (Å²) in [6.07, 6.45) is 0. The summed E-state index contributed by atoms with van der Waals surface area (Å²) < 4.78 is 19.0. The van der Waals surface area contributed by atoms with E-state index in [-0.39, 0.29) is 46.6 Å². The second-order valence-electron chi connectivity index (χ2n) is 0.473. The fourth-order valence-electron chi connectivity index (χ4n) is 0. The Kier molecular flexibility index (Phi) is 13.0. The predicted octanol–water partition coefficient (Wildman–Crippen LogP) is -0.602. The van der Waals surface area contributed by atoms with Gasteiger partial charge in [-0.1, -0.05) is 0 Å². The van der Waals surface area contributed by atoms with E-state index in [0.717, 1.165) is 0 Å². The van der Waals surface area contributed by atoms with Crippen LogP contribution in [0.5, 0.6) is 0 Å². The first kappa shape index (κ1) is 15.8. The van der Waals surface area contributed by atoms with Crippen LogP contribution < -0.4 is 0 Å². The molecule has 0 spiro atoms. The number of rotatable bonds is 0. The van der Waals surface area contributed by atoms with Crippen molar-refractivity contribution in [2.45, 2.75) is 0 Å². The molecule has 0 aliphatic rings. The van der Waals surface area contributed by atoms with Crippen LogP contribution in [0.15, 0.2) is 0 Å². The van der Waals surface area contributed by atoms with E-state index in [4.69, 9.17) is 14.4 Å². The van der Waals surface area contributed by atoms with E-state index in [1.54, 1.807) is 0 Å². The average Bonchev–Trinajstić information content (AvgIpc) is 0.722. The summed E-state index contributed by atoms with van der Waals surface area (Å²) in [6.45, 7) is 0. The van der Waals surface area contributed by atoms with Crippen LogP contribution in [0.1, 0.15) is 0 Å². The molecule has 0 amide bonds. The zero-order valence-corrected chi connectivity index (χ0v) is 4.48. The predicted molar refractivity (Wildman–Crippen MR) is 20.3 cm³/mol. The third-order valence-corrected chi connectivity index (χ3v) is 0. The molecular formula is H3FFeNaO3P. The first-order valence-electron chi connectivity index (χ1n) is 0.752. The van der Waals surface area contributed by atoms with Crippen molar-refractivity contribution in [1.82, 2.24) is 0 Å². The van der Waals surface area contributed by atoms with E-state index >= 15 is 0 Å². The van der Waals surface area contributed by atoms with Gasteiger partial charge < -0.3 is 0 Å². The van der Waals surface area contributed by atoms with Gasteiger partial charge in [-0.15, -0.1) is 4.20 Å². The van der Waals surface area contributed by atoms with Crippen LogP contribution in [0.2, 0.25) is 0 Å². The number of hydrogen-bond donors (Lipinski definition) is 2. The van der Waals surface area contributed by atoms with Crippen molar-refractivity contribution < 1.29 is 35.6 Å². The fraction of sp³-hybridized carbons (Fsp3) is 0. The standard InChI is InChI=1S/FH2O3P.Fe.Na.H/c1-5(2,3)4;;;/h(H2,2,3,4);;;. The molecule has 0 bridgehead atoms. The van der Waals surface area contributed by atoms with Gasteiger partial charge in [0.2, 0.25) is 0 Å². The molecule has 7 heavy (non-hydrogen) atoms. The molecule has 0 heterocycles. The Labute approximate surface area is 72.7 Å². The van der Waals surface area contributed by atoms with Crippen LogP contribution in [0.25, 0.3) is 0 Å². The molecule has 3 nitrogen and oxygen atoms in total. The first-order valence-corrected chi connectivity index (χ1v) is 2.25. The van der Waals surface area contributed by atoms with Crippen LogP contribution in [0.3, 0.4) is 0 Å². The minimum absolute atomic E-state index is 0. The van der Waals surface area contributed by atoms with E-state index in [1.165, 1.54) is 0 Å². The molecular weight excluding hydrogens is 177 g/mol. The van der Waals surface area contributed by atoms with Gasteiger partial charge in [-0.25, -0.2) is 4.57 Å². The molecule has 0 rings (SSSR count). The zero-order chi connectivity index (χ0) is 4.50. The molecule has 0 unspecified atom stereocenters. The van der Waals surface area contributed by atoms with Gasteiger partial charge in [-0.2, -0.15) is 0 Å². The molecule has 0 saturated carbocycles. The molecule has 0 radical (unpaired) electrons. The van der Waals surface area contributed by atoms with Crippen molar-refractivity contribution in [3.8, 4) is 0 Å². The molecule has 0 aromatic carbocycles. The Hall–Kier alpha value is 1.60. The molecule has 0 atom stereocenters. The molecule has 0 aliphatic heterocycles. The van der Waals surface area contributed by atoms with Crippen molar-refractivity contribution in [3.05, 3.63) is 0 Å². The van der Waals surface area contributed by atoms with Gasteiger partial charge in [-0.05, 0) is 0 Å². The third kappa shape index (κ3) is 93.1. The van der Waals surface area contributed by atoms with Crippen LogP contribution in [-0.4, -0.2) is 39.3 Å². The minimum atomic E-state index is -5.14. The Morgan fingerprint density at radius 1 is 1.43 bits per heavy atom. The Balaban J connectivity index is -0.0000000800. The number of halogens is 1. The van der Waals surface area contributed by atoms with Crippen LogP contribution in [0.4, 0.5) is 4.20 Å². The van der Waals surface area contributed by atoms with Crippen LogP contribution >= 0.6 is 7.91 Å². The van der Waals surface area contributed by atoms with Crippen molar-refractivity contribution in [1.29, 1.82) is 0 Å². The molecule has 0 aromatic heterocycles. The van der Waals surface area contributed by atoms with E-state index in [1.807, 2.05) is 0 Å². The summed E-state index contributed by atoms with van der Waals surface area (Å²) in [5, 5.41) is 0. The molecule has 2 N–H and O–H groups in total. The van der Waals surface area contributed by atoms with E-state index in [0.29, 0.717) is 0 Å². The maximum atomic E-state index is 10.4.